The molecule has 0 radical (unpaired) electrons. The Morgan fingerprint density at radius 3 is 2.48 bits per heavy atom. The molecule has 1 atom stereocenters. The molecule has 152 valence electrons. The quantitative estimate of drug-likeness (QED) is 0.459. The van der Waals surface area contributed by atoms with Gasteiger partial charge in [0.25, 0.3) is 5.91 Å². The molecule has 3 aromatic heterocycles. The van der Waals surface area contributed by atoms with Crippen molar-refractivity contribution in [2.45, 2.75) is 6.04 Å². The molecule has 1 unspecified atom stereocenters. The van der Waals surface area contributed by atoms with Crippen molar-refractivity contribution in [3.63, 3.8) is 0 Å². The maximum absolute atomic E-state index is 13.1. The summed E-state index contributed by atoms with van der Waals surface area (Å²) in [5.74, 6) is 0.975. The van der Waals surface area contributed by atoms with Crippen LogP contribution in [0.3, 0.4) is 0 Å². The van der Waals surface area contributed by atoms with Gasteiger partial charge in [-0.25, -0.2) is 19.9 Å². The zero-order chi connectivity index (χ0) is 21.2. The number of thiazole rings is 1. The Kier molecular flexibility index (Phi) is 4.97. The molecule has 0 spiro atoms. The summed E-state index contributed by atoms with van der Waals surface area (Å²) in [4.78, 5) is 30.8. The number of aryl methyl sites for hydroxylation is 1. The number of hydrogen-bond donors (Lipinski definition) is 1. The highest BCUT2D eigenvalue weighted by Crippen LogP contribution is 2.26. The molecule has 1 amide bonds. The Bertz CT molecular complexity index is 1350. The standard InChI is InChI=1S/C23H18N6OS/c1-29-18-11-6-5-10-16(18)26-21(29)19(15-8-3-2-4-9-15)28-22(30)17-14-31-23(27-17)20-24-12-7-13-25-20/h2-14,19H,1H3,(H,28,30). The van der Waals surface area contributed by atoms with Gasteiger partial charge in [-0.05, 0) is 23.8 Å². The molecule has 0 aliphatic carbocycles. The number of carbonyl (C=O) groups excluding carboxylic acids is 1. The Labute approximate surface area is 182 Å². The van der Waals surface area contributed by atoms with Crippen LogP contribution in [0.4, 0.5) is 0 Å². The van der Waals surface area contributed by atoms with E-state index in [1.165, 1.54) is 11.3 Å². The van der Waals surface area contributed by atoms with Crippen LogP contribution in [0.5, 0.6) is 0 Å². The van der Waals surface area contributed by atoms with Crippen molar-refractivity contribution >= 4 is 28.3 Å². The molecule has 0 saturated carbocycles. The van der Waals surface area contributed by atoms with Crippen LogP contribution in [-0.4, -0.2) is 30.4 Å². The first-order chi connectivity index (χ1) is 15.2. The van der Waals surface area contributed by atoms with Crippen LogP contribution in [0.2, 0.25) is 0 Å². The minimum absolute atomic E-state index is 0.278. The fourth-order valence-corrected chi connectivity index (χ4v) is 4.20. The molecule has 7 nitrogen and oxygen atoms in total. The van der Waals surface area contributed by atoms with E-state index in [1.54, 1.807) is 23.8 Å². The summed E-state index contributed by atoms with van der Waals surface area (Å²) in [5, 5.41) is 5.44. The van der Waals surface area contributed by atoms with Crippen LogP contribution in [0, 0.1) is 0 Å². The van der Waals surface area contributed by atoms with E-state index >= 15 is 0 Å². The lowest BCUT2D eigenvalue weighted by molar-refractivity contribution is 0.0937. The predicted octanol–water partition coefficient (Wildman–Crippen LogP) is 4.01. The smallest absolute Gasteiger partial charge is 0.271 e. The van der Waals surface area contributed by atoms with Crippen molar-refractivity contribution in [2.24, 2.45) is 7.05 Å². The summed E-state index contributed by atoms with van der Waals surface area (Å²) in [6.45, 7) is 0. The van der Waals surface area contributed by atoms with Crippen LogP contribution in [0.25, 0.3) is 21.9 Å². The van der Waals surface area contributed by atoms with E-state index in [0.717, 1.165) is 22.4 Å². The van der Waals surface area contributed by atoms with Gasteiger partial charge in [-0.2, -0.15) is 0 Å². The van der Waals surface area contributed by atoms with E-state index in [4.69, 9.17) is 4.98 Å². The molecule has 0 aliphatic rings. The largest absolute Gasteiger partial charge is 0.337 e. The maximum Gasteiger partial charge on any atom is 0.271 e. The molecular weight excluding hydrogens is 408 g/mol. The Morgan fingerprint density at radius 1 is 0.968 bits per heavy atom. The fraction of sp³-hybridized carbons (Fsp3) is 0.0870. The third-order valence-electron chi connectivity index (χ3n) is 4.98. The number of para-hydroxylation sites is 2. The number of imidazole rings is 1. The number of benzene rings is 2. The fourth-order valence-electron chi connectivity index (χ4n) is 3.46. The molecule has 0 fully saturated rings. The van der Waals surface area contributed by atoms with E-state index in [9.17, 15) is 4.79 Å². The van der Waals surface area contributed by atoms with Gasteiger partial charge >= 0.3 is 0 Å². The molecule has 0 saturated heterocycles. The van der Waals surface area contributed by atoms with E-state index in [1.807, 2.05) is 66.2 Å². The summed E-state index contributed by atoms with van der Waals surface area (Å²) in [6.07, 6.45) is 3.31. The molecular formula is C23H18N6OS. The van der Waals surface area contributed by atoms with Gasteiger partial charge in [-0.15, -0.1) is 11.3 Å². The van der Waals surface area contributed by atoms with Crippen molar-refractivity contribution in [1.82, 2.24) is 29.8 Å². The molecule has 2 aromatic carbocycles. The first-order valence-corrected chi connectivity index (χ1v) is 10.6. The first-order valence-electron chi connectivity index (χ1n) is 9.71. The van der Waals surface area contributed by atoms with Crippen LogP contribution >= 0.6 is 11.3 Å². The molecule has 8 heteroatoms. The van der Waals surface area contributed by atoms with Crippen LogP contribution in [0.1, 0.15) is 27.9 Å². The number of aromatic nitrogens is 5. The van der Waals surface area contributed by atoms with Crippen LogP contribution < -0.4 is 5.32 Å². The zero-order valence-corrected chi connectivity index (χ0v) is 17.5. The number of carbonyl (C=O) groups is 1. The van der Waals surface area contributed by atoms with Crippen LogP contribution in [0.15, 0.2) is 78.4 Å². The lowest BCUT2D eigenvalue weighted by Gasteiger charge is -2.18. The normalized spacial score (nSPS) is 12.0. The van der Waals surface area contributed by atoms with Crippen molar-refractivity contribution < 1.29 is 4.79 Å². The van der Waals surface area contributed by atoms with Crippen molar-refractivity contribution in [3.05, 3.63) is 95.5 Å². The highest BCUT2D eigenvalue weighted by molar-refractivity contribution is 7.13. The number of nitrogens with one attached hydrogen (secondary N) is 1. The average Bonchev–Trinajstić information content (AvgIpc) is 3.44. The molecule has 0 bridgehead atoms. The van der Waals surface area contributed by atoms with Gasteiger partial charge in [-0.1, -0.05) is 42.5 Å². The van der Waals surface area contributed by atoms with Gasteiger partial charge in [0.05, 0.1) is 11.0 Å². The highest BCUT2D eigenvalue weighted by atomic mass is 32.1. The second kappa shape index (κ2) is 8.08. The second-order valence-corrected chi connectivity index (χ2v) is 7.80. The number of amides is 1. The van der Waals surface area contributed by atoms with Crippen LogP contribution in [-0.2, 0) is 7.05 Å². The maximum atomic E-state index is 13.1. The average molecular weight is 427 g/mol. The highest BCUT2D eigenvalue weighted by Gasteiger charge is 2.24. The third-order valence-corrected chi connectivity index (χ3v) is 5.82. The summed E-state index contributed by atoms with van der Waals surface area (Å²) in [5.41, 5.74) is 3.15. The van der Waals surface area contributed by atoms with Gasteiger partial charge in [0.15, 0.2) is 10.8 Å². The van der Waals surface area contributed by atoms with E-state index in [0.29, 0.717) is 16.5 Å². The van der Waals surface area contributed by atoms with Gasteiger partial charge in [-0.3, -0.25) is 4.79 Å². The minimum Gasteiger partial charge on any atom is -0.337 e. The molecule has 31 heavy (non-hydrogen) atoms. The summed E-state index contributed by atoms with van der Waals surface area (Å²) in [6, 6.07) is 19.0. The lowest BCUT2D eigenvalue weighted by Crippen LogP contribution is -2.31. The zero-order valence-electron chi connectivity index (χ0n) is 16.6. The summed E-state index contributed by atoms with van der Waals surface area (Å²) < 4.78 is 2.01. The Hall–Kier alpha value is -3.91. The number of nitrogens with zero attached hydrogens (tertiary/aromatic N) is 5. The Balaban J connectivity index is 1.50. The number of rotatable bonds is 5. The first kappa shape index (κ1) is 19.1. The van der Waals surface area contributed by atoms with Crippen molar-refractivity contribution in [1.29, 1.82) is 0 Å². The topological polar surface area (TPSA) is 85.6 Å². The SMILES string of the molecule is Cn1c(C(NC(=O)c2csc(-c3ncccn3)n2)c2ccccc2)nc2ccccc21. The Morgan fingerprint density at radius 2 is 1.71 bits per heavy atom. The molecule has 0 aliphatic heterocycles. The molecule has 3 heterocycles. The lowest BCUT2D eigenvalue weighted by atomic mass is 10.1. The summed E-state index contributed by atoms with van der Waals surface area (Å²) >= 11 is 1.34. The van der Waals surface area contributed by atoms with Gasteiger partial charge in [0.2, 0.25) is 0 Å². The third kappa shape index (κ3) is 3.69. The van der Waals surface area contributed by atoms with Gasteiger partial charge in [0.1, 0.15) is 17.6 Å². The van der Waals surface area contributed by atoms with E-state index in [-0.39, 0.29) is 5.91 Å². The molecule has 5 rings (SSSR count). The van der Waals surface area contributed by atoms with E-state index in [2.05, 4.69) is 20.3 Å². The van der Waals surface area contributed by atoms with Gasteiger partial charge < -0.3 is 9.88 Å². The number of fused-ring (bicyclic) bond motifs is 1. The van der Waals surface area contributed by atoms with Crippen molar-refractivity contribution in [2.75, 3.05) is 0 Å². The monoisotopic (exact) mass is 426 g/mol. The van der Waals surface area contributed by atoms with E-state index < -0.39 is 6.04 Å². The van der Waals surface area contributed by atoms with Crippen molar-refractivity contribution in [3.8, 4) is 10.8 Å². The van der Waals surface area contributed by atoms with Gasteiger partial charge in [0, 0.05) is 24.8 Å². The predicted molar refractivity (Wildman–Crippen MR) is 120 cm³/mol. The number of hydrogen-bond acceptors (Lipinski definition) is 6. The second-order valence-electron chi connectivity index (χ2n) is 6.95. The minimum atomic E-state index is -0.427. The summed E-state index contributed by atoms with van der Waals surface area (Å²) in [7, 11) is 1.96. The molecule has 5 aromatic rings. The molecule has 1 N–H and O–H groups in total.